The summed E-state index contributed by atoms with van der Waals surface area (Å²) in [6, 6.07) is 11.8. The Kier molecular flexibility index (Phi) is 4.83. The number of hydrogen-bond acceptors (Lipinski definition) is 4. The van der Waals surface area contributed by atoms with E-state index in [4.69, 9.17) is 5.11 Å². The zero-order valence-corrected chi connectivity index (χ0v) is 11.8. The van der Waals surface area contributed by atoms with Crippen LogP contribution in [0.1, 0.15) is 15.9 Å². The lowest BCUT2D eigenvalue weighted by molar-refractivity contribution is -0.384. The number of aromatic carboxylic acids is 1. The maximum Gasteiger partial charge on any atom is 0.337 e. The highest BCUT2D eigenvalue weighted by Gasteiger charge is 2.10. The molecule has 0 aliphatic rings. The van der Waals surface area contributed by atoms with Crippen LogP contribution in [0.5, 0.6) is 0 Å². The number of carboxylic acids is 1. The largest absolute Gasteiger partial charge is 0.478 e. The molecule has 0 unspecified atom stereocenters. The van der Waals surface area contributed by atoms with E-state index in [1.54, 1.807) is 18.2 Å². The lowest BCUT2D eigenvalue weighted by Crippen LogP contribution is -2.11. The van der Waals surface area contributed by atoms with Gasteiger partial charge in [-0.05, 0) is 23.8 Å². The van der Waals surface area contributed by atoms with E-state index in [2.05, 4.69) is 5.32 Å². The molecular weight excluding hydrogens is 300 g/mol. The van der Waals surface area contributed by atoms with Gasteiger partial charge in [0.2, 0.25) is 5.91 Å². The number of nitro benzene ring substituents is 1. The fourth-order valence-corrected chi connectivity index (χ4v) is 1.87. The highest BCUT2D eigenvalue weighted by Crippen LogP contribution is 2.16. The van der Waals surface area contributed by atoms with Crippen LogP contribution in [0.4, 0.5) is 11.4 Å². The van der Waals surface area contributed by atoms with Crippen molar-refractivity contribution in [1.29, 1.82) is 0 Å². The number of anilines is 1. The summed E-state index contributed by atoms with van der Waals surface area (Å²) in [6.07, 6.45) is 2.59. The lowest BCUT2D eigenvalue weighted by Gasteiger charge is -2.05. The zero-order chi connectivity index (χ0) is 16.8. The molecule has 0 atom stereocenters. The summed E-state index contributed by atoms with van der Waals surface area (Å²) >= 11 is 0. The van der Waals surface area contributed by atoms with Crippen molar-refractivity contribution in [2.45, 2.75) is 0 Å². The van der Waals surface area contributed by atoms with Gasteiger partial charge in [-0.3, -0.25) is 14.9 Å². The number of carboxylic acid groups (broad SMARTS) is 1. The predicted octanol–water partition coefficient (Wildman–Crippen LogP) is 2.94. The topological polar surface area (TPSA) is 110 Å². The van der Waals surface area contributed by atoms with Crippen LogP contribution in [-0.2, 0) is 4.79 Å². The Balaban J connectivity index is 2.12. The molecule has 0 bridgehead atoms. The summed E-state index contributed by atoms with van der Waals surface area (Å²) in [4.78, 5) is 33.1. The van der Waals surface area contributed by atoms with Crippen LogP contribution >= 0.6 is 0 Å². The predicted molar refractivity (Wildman–Crippen MR) is 84.2 cm³/mol. The molecule has 0 radical (unpaired) electrons. The van der Waals surface area contributed by atoms with Crippen LogP contribution in [0.2, 0.25) is 0 Å². The third-order valence-corrected chi connectivity index (χ3v) is 2.92. The van der Waals surface area contributed by atoms with Gasteiger partial charge in [-0.2, -0.15) is 0 Å². The third kappa shape index (κ3) is 4.24. The number of amides is 1. The van der Waals surface area contributed by atoms with Crippen LogP contribution in [-0.4, -0.2) is 21.9 Å². The van der Waals surface area contributed by atoms with Crippen LogP contribution in [0.15, 0.2) is 54.6 Å². The highest BCUT2D eigenvalue weighted by molar-refractivity contribution is 6.06. The molecule has 0 aliphatic carbocycles. The van der Waals surface area contributed by atoms with Gasteiger partial charge in [0.1, 0.15) is 0 Å². The van der Waals surface area contributed by atoms with Gasteiger partial charge in [-0.25, -0.2) is 4.79 Å². The van der Waals surface area contributed by atoms with Crippen molar-refractivity contribution in [3.8, 4) is 0 Å². The molecule has 0 heterocycles. The van der Waals surface area contributed by atoms with E-state index < -0.39 is 16.8 Å². The quantitative estimate of drug-likeness (QED) is 0.501. The van der Waals surface area contributed by atoms with E-state index >= 15 is 0 Å². The Morgan fingerprint density at radius 2 is 1.87 bits per heavy atom. The van der Waals surface area contributed by atoms with Crippen molar-refractivity contribution in [2.24, 2.45) is 0 Å². The number of nitro groups is 1. The Morgan fingerprint density at radius 1 is 1.13 bits per heavy atom. The maximum absolute atomic E-state index is 11.9. The first-order valence-electron chi connectivity index (χ1n) is 6.53. The molecule has 23 heavy (non-hydrogen) atoms. The second-order valence-electron chi connectivity index (χ2n) is 4.53. The molecule has 2 N–H and O–H groups in total. The molecule has 0 saturated heterocycles. The van der Waals surface area contributed by atoms with E-state index in [1.165, 1.54) is 42.5 Å². The smallest absolute Gasteiger partial charge is 0.337 e. The van der Waals surface area contributed by atoms with Crippen molar-refractivity contribution in [3.63, 3.8) is 0 Å². The van der Waals surface area contributed by atoms with Gasteiger partial charge in [0.15, 0.2) is 0 Å². The molecule has 7 nitrogen and oxygen atoms in total. The first-order chi connectivity index (χ1) is 11.0. The molecule has 1 amide bonds. The van der Waals surface area contributed by atoms with Crippen molar-refractivity contribution < 1.29 is 19.6 Å². The summed E-state index contributed by atoms with van der Waals surface area (Å²) < 4.78 is 0. The Hall–Kier alpha value is -3.48. The number of nitrogens with one attached hydrogen (secondary N) is 1. The number of rotatable bonds is 5. The summed E-state index contributed by atoms with van der Waals surface area (Å²) in [5.74, 6) is -1.69. The minimum absolute atomic E-state index is 0.0235. The molecular formula is C16H12N2O5. The number of carbonyl (C=O) groups is 2. The fraction of sp³-hybridized carbons (Fsp3) is 0. The fourth-order valence-electron chi connectivity index (χ4n) is 1.87. The van der Waals surface area contributed by atoms with Crippen LogP contribution in [0.25, 0.3) is 6.08 Å². The van der Waals surface area contributed by atoms with E-state index in [9.17, 15) is 19.7 Å². The minimum atomic E-state index is -1.15. The molecule has 7 heteroatoms. The van der Waals surface area contributed by atoms with Gasteiger partial charge in [-0.15, -0.1) is 0 Å². The van der Waals surface area contributed by atoms with Gasteiger partial charge in [0, 0.05) is 18.2 Å². The summed E-state index contributed by atoms with van der Waals surface area (Å²) in [7, 11) is 0. The monoisotopic (exact) mass is 312 g/mol. The van der Waals surface area contributed by atoms with E-state index in [1.807, 2.05) is 0 Å². The number of para-hydroxylation sites is 1. The minimum Gasteiger partial charge on any atom is -0.478 e. The number of carbonyl (C=O) groups excluding carboxylic acids is 1. The molecule has 0 saturated carbocycles. The number of nitrogens with zero attached hydrogens (tertiary/aromatic N) is 1. The van der Waals surface area contributed by atoms with E-state index in [0.29, 0.717) is 5.56 Å². The Morgan fingerprint density at radius 3 is 2.57 bits per heavy atom. The summed E-state index contributed by atoms with van der Waals surface area (Å²) in [6.45, 7) is 0. The van der Waals surface area contributed by atoms with Gasteiger partial charge < -0.3 is 10.4 Å². The first-order valence-corrected chi connectivity index (χ1v) is 6.53. The standard InChI is InChI=1S/C16H12N2O5/c19-15(17-14-7-2-1-6-13(14)16(20)21)9-8-11-4-3-5-12(10-11)18(22)23/h1-10H,(H,17,19)(H,20,21)/b9-8+. The molecule has 0 fully saturated rings. The van der Waals surface area contributed by atoms with Gasteiger partial charge in [0.05, 0.1) is 16.2 Å². The molecule has 0 aromatic heterocycles. The summed E-state index contributed by atoms with van der Waals surface area (Å²) in [5.41, 5.74) is 0.558. The number of benzene rings is 2. The lowest BCUT2D eigenvalue weighted by atomic mass is 10.1. The van der Waals surface area contributed by atoms with Crippen LogP contribution in [0, 0.1) is 10.1 Å². The third-order valence-electron chi connectivity index (χ3n) is 2.92. The SMILES string of the molecule is O=C(/C=C/c1cccc([N+](=O)[O-])c1)Nc1ccccc1C(=O)O. The molecule has 2 aromatic rings. The van der Waals surface area contributed by atoms with E-state index in [0.717, 1.165) is 0 Å². The van der Waals surface area contributed by atoms with E-state index in [-0.39, 0.29) is 16.9 Å². The Bertz CT molecular complexity index is 799. The normalized spacial score (nSPS) is 10.4. The van der Waals surface area contributed by atoms with Gasteiger partial charge in [-0.1, -0.05) is 24.3 Å². The zero-order valence-electron chi connectivity index (χ0n) is 11.8. The highest BCUT2D eigenvalue weighted by atomic mass is 16.6. The van der Waals surface area contributed by atoms with Crippen molar-refractivity contribution in [1.82, 2.24) is 0 Å². The number of non-ortho nitro benzene ring substituents is 1. The molecule has 2 aromatic carbocycles. The van der Waals surface area contributed by atoms with Crippen LogP contribution in [0.3, 0.4) is 0 Å². The van der Waals surface area contributed by atoms with Gasteiger partial charge >= 0.3 is 5.97 Å². The average Bonchev–Trinajstić information content (AvgIpc) is 2.53. The molecule has 116 valence electrons. The maximum atomic E-state index is 11.9. The first kappa shape index (κ1) is 15.9. The van der Waals surface area contributed by atoms with Gasteiger partial charge in [0.25, 0.3) is 5.69 Å². The van der Waals surface area contributed by atoms with Crippen molar-refractivity contribution in [3.05, 3.63) is 75.8 Å². The summed E-state index contributed by atoms with van der Waals surface area (Å²) in [5, 5.41) is 22.2. The molecule has 0 spiro atoms. The van der Waals surface area contributed by atoms with Crippen molar-refractivity contribution in [2.75, 3.05) is 5.32 Å². The Labute approximate surface area is 131 Å². The second kappa shape index (κ2) is 6.99. The van der Waals surface area contributed by atoms with Crippen LogP contribution < -0.4 is 5.32 Å². The molecule has 2 rings (SSSR count). The van der Waals surface area contributed by atoms with Crippen molar-refractivity contribution >= 4 is 29.3 Å². The molecule has 0 aliphatic heterocycles. The second-order valence-corrected chi connectivity index (χ2v) is 4.53. The number of hydrogen-bond donors (Lipinski definition) is 2. The average molecular weight is 312 g/mol.